The predicted octanol–water partition coefficient (Wildman–Crippen LogP) is 1.72. The first kappa shape index (κ1) is 14.4. The van der Waals surface area contributed by atoms with Crippen LogP contribution >= 0.6 is 0 Å². The first-order chi connectivity index (χ1) is 9.40. The van der Waals surface area contributed by atoms with Gasteiger partial charge in [0.1, 0.15) is 5.76 Å². The topological polar surface area (TPSA) is 82.8 Å². The molecular weight excluding hydrogens is 260 g/mol. The number of nitrogens with zero attached hydrogens (tertiary/aromatic N) is 1. The van der Waals surface area contributed by atoms with E-state index in [1.165, 1.54) is 0 Å². The lowest BCUT2D eigenvalue weighted by molar-refractivity contribution is -0.146. The van der Waals surface area contributed by atoms with Gasteiger partial charge in [0, 0.05) is 25.6 Å². The van der Waals surface area contributed by atoms with Gasteiger partial charge >= 0.3 is 12.0 Å². The highest BCUT2D eigenvalue weighted by Gasteiger charge is 2.42. The number of amides is 2. The standard InChI is InChI=1S/C14H20N2O4/c1-10(8-11-4-3-7-20-11)15-13(19)16-6-5-14(2,9-16)12(17)18/h3-4,7,10H,5-6,8-9H2,1-2H3,(H,15,19)(H,17,18). The zero-order valence-electron chi connectivity index (χ0n) is 11.8. The van der Waals surface area contributed by atoms with Gasteiger partial charge in [-0.25, -0.2) is 4.79 Å². The second-order valence-electron chi connectivity index (χ2n) is 5.67. The average molecular weight is 280 g/mol. The van der Waals surface area contributed by atoms with Crippen LogP contribution in [0.25, 0.3) is 0 Å². The molecule has 20 heavy (non-hydrogen) atoms. The molecule has 1 aliphatic rings. The Morgan fingerprint density at radius 2 is 2.35 bits per heavy atom. The molecule has 1 aromatic rings. The summed E-state index contributed by atoms with van der Waals surface area (Å²) >= 11 is 0. The number of carbonyl (C=O) groups is 2. The molecule has 1 aromatic heterocycles. The van der Waals surface area contributed by atoms with Crippen molar-refractivity contribution in [3.8, 4) is 0 Å². The molecule has 0 aliphatic carbocycles. The van der Waals surface area contributed by atoms with E-state index in [0.717, 1.165) is 5.76 Å². The number of aliphatic carboxylic acids is 1. The van der Waals surface area contributed by atoms with E-state index in [4.69, 9.17) is 9.52 Å². The third kappa shape index (κ3) is 3.12. The molecule has 0 saturated carbocycles. The lowest BCUT2D eigenvalue weighted by atomic mass is 9.90. The van der Waals surface area contributed by atoms with Crippen molar-refractivity contribution in [2.45, 2.75) is 32.7 Å². The van der Waals surface area contributed by atoms with Crippen LogP contribution in [0.4, 0.5) is 4.79 Å². The highest BCUT2D eigenvalue weighted by Crippen LogP contribution is 2.30. The number of furan rings is 1. The van der Waals surface area contributed by atoms with Gasteiger partial charge in [0.15, 0.2) is 0 Å². The lowest BCUT2D eigenvalue weighted by Crippen LogP contribution is -2.44. The fourth-order valence-electron chi connectivity index (χ4n) is 2.39. The fourth-order valence-corrected chi connectivity index (χ4v) is 2.39. The van der Waals surface area contributed by atoms with Gasteiger partial charge in [-0.3, -0.25) is 4.79 Å². The van der Waals surface area contributed by atoms with E-state index in [9.17, 15) is 9.59 Å². The Labute approximate surface area is 117 Å². The van der Waals surface area contributed by atoms with Crippen molar-refractivity contribution in [1.82, 2.24) is 10.2 Å². The molecule has 1 aliphatic heterocycles. The molecule has 1 fully saturated rings. The van der Waals surface area contributed by atoms with Gasteiger partial charge in [-0.05, 0) is 32.4 Å². The van der Waals surface area contributed by atoms with Gasteiger partial charge in [0.25, 0.3) is 0 Å². The minimum absolute atomic E-state index is 0.0645. The van der Waals surface area contributed by atoms with E-state index in [-0.39, 0.29) is 18.6 Å². The number of urea groups is 1. The third-order valence-electron chi connectivity index (χ3n) is 3.73. The maximum absolute atomic E-state index is 12.1. The van der Waals surface area contributed by atoms with E-state index in [1.807, 2.05) is 19.1 Å². The molecule has 1 saturated heterocycles. The van der Waals surface area contributed by atoms with E-state index < -0.39 is 11.4 Å². The number of nitrogens with one attached hydrogen (secondary N) is 1. The molecule has 2 atom stereocenters. The Kier molecular flexibility index (Phi) is 4.01. The molecule has 2 rings (SSSR count). The highest BCUT2D eigenvalue weighted by molar-refractivity contribution is 5.79. The molecule has 2 amide bonds. The van der Waals surface area contributed by atoms with Gasteiger partial charge in [-0.2, -0.15) is 0 Å². The van der Waals surface area contributed by atoms with E-state index in [2.05, 4.69) is 5.32 Å². The summed E-state index contributed by atoms with van der Waals surface area (Å²) < 4.78 is 5.23. The number of carboxylic acids is 1. The van der Waals surface area contributed by atoms with Crippen LogP contribution in [0.3, 0.4) is 0 Å². The van der Waals surface area contributed by atoms with Gasteiger partial charge in [0.2, 0.25) is 0 Å². The van der Waals surface area contributed by atoms with E-state index >= 15 is 0 Å². The Morgan fingerprint density at radius 3 is 2.90 bits per heavy atom. The van der Waals surface area contributed by atoms with Crippen molar-refractivity contribution in [2.75, 3.05) is 13.1 Å². The second-order valence-corrected chi connectivity index (χ2v) is 5.67. The Morgan fingerprint density at radius 1 is 1.60 bits per heavy atom. The molecule has 110 valence electrons. The number of rotatable bonds is 4. The second kappa shape index (κ2) is 5.56. The van der Waals surface area contributed by atoms with Crippen LogP contribution in [-0.4, -0.2) is 41.1 Å². The third-order valence-corrected chi connectivity index (χ3v) is 3.73. The van der Waals surface area contributed by atoms with Crippen LogP contribution in [0, 0.1) is 5.41 Å². The summed E-state index contributed by atoms with van der Waals surface area (Å²) in [6.45, 7) is 4.30. The highest BCUT2D eigenvalue weighted by atomic mass is 16.4. The molecule has 0 radical (unpaired) electrons. The minimum atomic E-state index is -0.851. The summed E-state index contributed by atoms with van der Waals surface area (Å²) in [5.74, 6) is -0.0361. The lowest BCUT2D eigenvalue weighted by Gasteiger charge is -2.22. The number of carbonyl (C=O) groups excluding carboxylic acids is 1. The summed E-state index contributed by atoms with van der Waals surface area (Å²) in [5.41, 5.74) is -0.832. The summed E-state index contributed by atoms with van der Waals surface area (Å²) in [6.07, 6.45) is 2.70. The Bertz CT molecular complexity index is 485. The van der Waals surface area contributed by atoms with Crippen LogP contribution in [0.2, 0.25) is 0 Å². The maximum atomic E-state index is 12.1. The smallest absolute Gasteiger partial charge is 0.317 e. The molecule has 0 spiro atoms. The number of hydrogen-bond acceptors (Lipinski definition) is 3. The Hall–Kier alpha value is -1.98. The number of carboxylic acid groups (broad SMARTS) is 1. The van der Waals surface area contributed by atoms with Crippen molar-refractivity contribution in [3.05, 3.63) is 24.2 Å². The predicted molar refractivity (Wildman–Crippen MR) is 72.3 cm³/mol. The molecule has 2 N–H and O–H groups in total. The Balaban J connectivity index is 1.85. The van der Waals surface area contributed by atoms with Gasteiger partial charge in [0.05, 0.1) is 11.7 Å². The summed E-state index contributed by atoms with van der Waals surface area (Å²) in [5, 5.41) is 12.0. The first-order valence-electron chi connectivity index (χ1n) is 6.72. The largest absolute Gasteiger partial charge is 0.481 e. The van der Waals surface area contributed by atoms with Gasteiger partial charge < -0.3 is 19.7 Å². The van der Waals surface area contributed by atoms with Crippen LogP contribution in [0.5, 0.6) is 0 Å². The van der Waals surface area contributed by atoms with E-state index in [0.29, 0.717) is 19.4 Å². The normalized spacial score (nSPS) is 23.6. The average Bonchev–Trinajstić information content (AvgIpc) is 2.99. The van der Waals surface area contributed by atoms with Crippen molar-refractivity contribution < 1.29 is 19.1 Å². The molecule has 2 heterocycles. The van der Waals surface area contributed by atoms with Gasteiger partial charge in [-0.1, -0.05) is 0 Å². The van der Waals surface area contributed by atoms with Crippen molar-refractivity contribution in [2.24, 2.45) is 5.41 Å². The van der Waals surface area contributed by atoms with Crippen LogP contribution in [0.1, 0.15) is 26.0 Å². The summed E-state index contributed by atoms with van der Waals surface area (Å²) in [6, 6.07) is 3.39. The molecule has 6 heteroatoms. The van der Waals surface area contributed by atoms with Crippen molar-refractivity contribution in [3.63, 3.8) is 0 Å². The fraction of sp³-hybridized carbons (Fsp3) is 0.571. The first-order valence-corrected chi connectivity index (χ1v) is 6.72. The monoisotopic (exact) mass is 280 g/mol. The number of hydrogen-bond donors (Lipinski definition) is 2. The van der Waals surface area contributed by atoms with Crippen LogP contribution in [-0.2, 0) is 11.2 Å². The van der Waals surface area contributed by atoms with Crippen molar-refractivity contribution in [1.29, 1.82) is 0 Å². The zero-order valence-corrected chi connectivity index (χ0v) is 11.8. The molecule has 0 aromatic carbocycles. The minimum Gasteiger partial charge on any atom is -0.481 e. The summed E-state index contributed by atoms with van der Waals surface area (Å²) in [4.78, 5) is 24.8. The zero-order chi connectivity index (χ0) is 14.8. The molecule has 2 unspecified atom stereocenters. The quantitative estimate of drug-likeness (QED) is 0.879. The SMILES string of the molecule is CC(Cc1ccco1)NC(=O)N1CCC(C)(C(=O)O)C1. The maximum Gasteiger partial charge on any atom is 0.317 e. The molecular formula is C14H20N2O4. The molecule has 6 nitrogen and oxygen atoms in total. The van der Waals surface area contributed by atoms with Crippen molar-refractivity contribution >= 4 is 12.0 Å². The van der Waals surface area contributed by atoms with Crippen LogP contribution in [0.15, 0.2) is 22.8 Å². The molecule has 0 bridgehead atoms. The number of likely N-dealkylation sites (tertiary alicyclic amines) is 1. The van der Waals surface area contributed by atoms with Crippen LogP contribution < -0.4 is 5.32 Å². The summed E-state index contributed by atoms with van der Waals surface area (Å²) in [7, 11) is 0. The van der Waals surface area contributed by atoms with Gasteiger partial charge in [-0.15, -0.1) is 0 Å². The van der Waals surface area contributed by atoms with E-state index in [1.54, 1.807) is 18.1 Å².